The van der Waals surface area contributed by atoms with E-state index >= 15 is 0 Å². The first kappa shape index (κ1) is 15.1. The third-order valence-electron chi connectivity index (χ3n) is 4.81. The third kappa shape index (κ3) is 3.87. The van der Waals surface area contributed by atoms with Crippen LogP contribution in [0.1, 0.15) is 57.8 Å². The number of aliphatic carboxylic acids is 1. The molecule has 114 valence electrons. The molecule has 2 aliphatic rings. The summed E-state index contributed by atoms with van der Waals surface area (Å²) in [4.78, 5) is 25.1. The molecule has 0 atom stereocenters. The summed E-state index contributed by atoms with van der Waals surface area (Å²) in [6.07, 6.45) is 8.42. The zero-order chi connectivity index (χ0) is 14.6. The molecule has 0 bridgehead atoms. The van der Waals surface area contributed by atoms with E-state index in [1.165, 1.54) is 12.8 Å². The molecular weight excluding hydrogens is 256 g/mol. The van der Waals surface area contributed by atoms with Crippen molar-refractivity contribution < 1.29 is 14.7 Å². The van der Waals surface area contributed by atoms with Crippen LogP contribution in [0.5, 0.6) is 0 Å². The molecular formula is C15H26N2O3. The van der Waals surface area contributed by atoms with Crippen molar-refractivity contribution in [2.24, 2.45) is 5.92 Å². The molecule has 2 fully saturated rings. The minimum absolute atomic E-state index is 0.0551. The first-order chi connectivity index (χ1) is 9.53. The van der Waals surface area contributed by atoms with E-state index in [0.717, 1.165) is 44.4 Å². The molecule has 0 unspecified atom stereocenters. The fourth-order valence-electron chi connectivity index (χ4n) is 3.25. The minimum atomic E-state index is -0.815. The summed E-state index contributed by atoms with van der Waals surface area (Å²) in [5.74, 6) is -0.0206. The lowest BCUT2D eigenvalue weighted by Crippen LogP contribution is -2.55. The molecule has 2 rings (SSSR count). The van der Waals surface area contributed by atoms with Gasteiger partial charge in [-0.15, -0.1) is 0 Å². The number of carbonyl (C=O) groups excluding carboxylic acids is 1. The molecule has 0 spiro atoms. The van der Waals surface area contributed by atoms with Crippen LogP contribution in [0.25, 0.3) is 0 Å². The first-order valence-corrected chi connectivity index (χ1v) is 7.77. The molecule has 2 saturated carbocycles. The summed E-state index contributed by atoms with van der Waals surface area (Å²) in [5, 5.41) is 12.1. The second-order valence-corrected chi connectivity index (χ2v) is 6.38. The molecule has 5 nitrogen and oxygen atoms in total. The Bertz CT molecular complexity index is 360. The standard InChI is InChI=1S/C15H26N2O3/c1-17(14(20)16-10-7-12-5-6-12)15(11-13(18)19)8-3-2-4-9-15/h12H,2-11H2,1H3,(H,16,20)(H,18,19). The monoisotopic (exact) mass is 282 g/mol. The average molecular weight is 282 g/mol. The van der Waals surface area contributed by atoms with Gasteiger partial charge in [-0.2, -0.15) is 0 Å². The Kier molecular flexibility index (Phi) is 4.89. The van der Waals surface area contributed by atoms with Crippen molar-refractivity contribution in [2.75, 3.05) is 13.6 Å². The summed E-state index contributed by atoms with van der Waals surface area (Å²) < 4.78 is 0. The highest BCUT2D eigenvalue weighted by atomic mass is 16.4. The van der Waals surface area contributed by atoms with Crippen LogP contribution >= 0.6 is 0 Å². The molecule has 20 heavy (non-hydrogen) atoms. The zero-order valence-corrected chi connectivity index (χ0v) is 12.4. The van der Waals surface area contributed by atoms with Crippen LogP contribution in [0.4, 0.5) is 4.79 Å². The molecule has 0 radical (unpaired) electrons. The number of carboxylic acid groups (broad SMARTS) is 1. The predicted octanol–water partition coefficient (Wildman–Crippen LogP) is 2.61. The maximum absolute atomic E-state index is 12.3. The second kappa shape index (κ2) is 6.46. The van der Waals surface area contributed by atoms with Gasteiger partial charge in [-0.1, -0.05) is 32.1 Å². The van der Waals surface area contributed by atoms with E-state index in [2.05, 4.69) is 5.32 Å². The van der Waals surface area contributed by atoms with Crippen LogP contribution in [0.3, 0.4) is 0 Å². The predicted molar refractivity (Wildman–Crippen MR) is 76.6 cm³/mol. The number of nitrogens with zero attached hydrogens (tertiary/aromatic N) is 1. The molecule has 2 N–H and O–H groups in total. The van der Waals surface area contributed by atoms with E-state index in [1.807, 2.05) is 0 Å². The number of amides is 2. The molecule has 5 heteroatoms. The fraction of sp³-hybridized carbons (Fsp3) is 0.867. The van der Waals surface area contributed by atoms with Crippen molar-refractivity contribution in [1.82, 2.24) is 10.2 Å². The Morgan fingerprint density at radius 2 is 1.90 bits per heavy atom. The van der Waals surface area contributed by atoms with Gasteiger partial charge in [-0.3, -0.25) is 4.79 Å². The number of rotatable bonds is 6. The van der Waals surface area contributed by atoms with E-state index in [4.69, 9.17) is 5.11 Å². The van der Waals surface area contributed by atoms with Crippen LogP contribution in [-0.4, -0.2) is 41.1 Å². The molecule has 0 heterocycles. The van der Waals surface area contributed by atoms with Crippen LogP contribution in [0.15, 0.2) is 0 Å². The summed E-state index contributed by atoms with van der Waals surface area (Å²) in [6, 6.07) is -0.117. The van der Waals surface area contributed by atoms with Crippen LogP contribution in [-0.2, 0) is 4.79 Å². The van der Waals surface area contributed by atoms with E-state index < -0.39 is 11.5 Å². The molecule has 2 amide bonds. The van der Waals surface area contributed by atoms with Crippen molar-refractivity contribution in [3.8, 4) is 0 Å². The Balaban J connectivity index is 1.91. The van der Waals surface area contributed by atoms with Gasteiger partial charge in [0, 0.05) is 13.6 Å². The molecule has 0 aromatic carbocycles. The highest BCUT2D eigenvalue weighted by Gasteiger charge is 2.40. The number of hydrogen-bond acceptors (Lipinski definition) is 2. The average Bonchev–Trinajstić information content (AvgIpc) is 3.22. The maximum atomic E-state index is 12.3. The van der Waals surface area contributed by atoms with Gasteiger partial charge >= 0.3 is 12.0 Å². The lowest BCUT2D eigenvalue weighted by atomic mass is 9.78. The van der Waals surface area contributed by atoms with Crippen molar-refractivity contribution in [1.29, 1.82) is 0 Å². The fourth-order valence-corrected chi connectivity index (χ4v) is 3.25. The van der Waals surface area contributed by atoms with Gasteiger partial charge in [0.2, 0.25) is 0 Å². The second-order valence-electron chi connectivity index (χ2n) is 6.38. The van der Waals surface area contributed by atoms with Crippen LogP contribution in [0, 0.1) is 5.92 Å². The highest BCUT2D eigenvalue weighted by Crippen LogP contribution is 2.36. The van der Waals surface area contributed by atoms with Gasteiger partial charge in [0.25, 0.3) is 0 Å². The molecule has 0 aromatic rings. The van der Waals surface area contributed by atoms with Gasteiger partial charge < -0.3 is 15.3 Å². The Morgan fingerprint density at radius 1 is 1.25 bits per heavy atom. The molecule has 0 saturated heterocycles. The lowest BCUT2D eigenvalue weighted by Gasteiger charge is -2.43. The van der Waals surface area contributed by atoms with E-state index in [1.54, 1.807) is 11.9 Å². The first-order valence-electron chi connectivity index (χ1n) is 7.77. The van der Waals surface area contributed by atoms with Crippen molar-refractivity contribution >= 4 is 12.0 Å². The molecule has 0 aliphatic heterocycles. The third-order valence-corrected chi connectivity index (χ3v) is 4.81. The maximum Gasteiger partial charge on any atom is 0.317 e. The quantitative estimate of drug-likeness (QED) is 0.786. The highest BCUT2D eigenvalue weighted by molar-refractivity contribution is 5.76. The number of carboxylic acids is 1. The van der Waals surface area contributed by atoms with Crippen LogP contribution in [0.2, 0.25) is 0 Å². The summed E-state index contributed by atoms with van der Waals surface area (Å²) in [6.45, 7) is 0.705. The smallest absolute Gasteiger partial charge is 0.317 e. The van der Waals surface area contributed by atoms with Gasteiger partial charge in [-0.25, -0.2) is 4.79 Å². The number of carbonyl (C=O) groups is 2. The van der Waals surface area contributed by atoms with Crippen molar-refractivity contribution in [3.05, 3.63) is 0 Å². The normalized spacial score (nSPS) is 21.2. The SMILES string of the molecule is CN(C(=O)NCCC1CC1)C1(CC(=O)O)CCCCC1. The lowest BCUT2D eigenvalue weighted by molar-refractivity contribution is -0.140. The van der Waals surface area contributed by atoms with Crippen molar-refractivity contribution in [3.63, 3.8) is 0 Å². The largest absolute Gasteiger partial charge is 0.481 e. The summed E-state index contributed by atoms with van der Waals surface area (Å²) in [5.41, 5.74) is -0.492. The minimum Gasteiger partial charge on any atom is -0.481 e. The molecule has 2 aliphatic carbocycles. The van der Waals surface area contributed by atoms with Gasteiger partial charge in [-0.05, 0) is 25.2 Å². The van der Waals surface area contributed by atoms with Gasteiger partial charge in [0.15, 0.2) is 0 Å². The number of hydrogen-bond donors (Lipinski definition) is 2. The number of urea groups is 1. The summed E-state index contributed by atoms with van der Waals surface area (Å²) >= 11 is 0. The Hall–Kier alpha value is -1.26. The topological polar surface area (TPSA) is 69.6 Å². The Morgan fingerprint density at radius 3 is 2.45 bits per heavy atom. The Labute approximate surface area is 120 Å². The van der Waals surface area contributed by atoms with E-state index in [9.17, 15) is 9.59 Å². The van der Waals surface area contributed by atoms with Gasteiger partial charge in [0.1, 0.15) is 0 Å². The van der Waals surface area contributed by atoms with E-state index in [0.29, 0.717) is 6.54 Å². The summed E-state index contributed by atoms with van der Waals surface area (Å²) in [7, 11) is 1.75. The van der Waals surface area contributed by atoms with Crippen molar-refractivity contribution in [2.45, 2.75) is 63.3 Å². The molecule has 0 aromatic heterocycles. The van der Waals surface area contributed by atoms with Crippen LogP contribution < -0.4 is 5.32 Å². The zero-order valence-electron chi connectivity index (χ0n) is 12.4. The van der Waals surface area contributed by atoms with Gasteiger partial charge in [0.05, 0.1) is 12.0 Å². The van der Waals surface area contributed by atoms with E-state index in [-0.39, 0.29) is 12.5 Å². The number of nitrogens with one attached hydrogen (secondary N) is 1.